The van der Waals surface area contributed by atoms with E-state index in [1.807, 2.05) is 38.1 Å². The largest absolute Gasteiger partial charge is 0.352 e. The Kier molecular flexibility index (Phi) is 9.57. The minimum Gasteiger partial charge on any atom is -0.352 e. The lowest BCUT2D eigenvalue weighted by atomic mass is 10.1. The van der Waals surface area contributed by atoms with E-state index in [1.165, 1.54) is 4.90 Å². The van der Waals surface area contributed by atoms with Gasteiger partial charge in [0.15, 0.2) is 0 Å². The van der Waals surface area contributed by atoms with Crippen LogP contribution in [0.15, 0.2) is 48.5 Å². The molecule has 0 saturated heterocycles. The molecule has 0 spiro atoms. The lowest BCUT2D eigenvalue weighted by Gasteiger charge is -2.33. The Hall–Kier alpha value is -2.14. The van der Waals surface area contributed by atoms with Gasteiger partial charge in [0.1, 0.15) is 12.6 Å². The number of sulfonamides is 1. The summed E-state index contributed by atoms with van der Waals surface area (Å²) in [6, 6.07) is 14.2. The number of aryl methyl sites for hydroxylation is 1. The van der Waals surface area contributed by atoms with Gasteiger partial charge in [-0.25, -0.2) is 8.42 Å². The fraction of sp³-hybridized carbons (Fsp3) is 0.462. The molecule has 2 aromatic carbocycles. The van der Waals surface area contributed by atoms with Crippen molar-refractivity contribution in [2.24, 2.45) is 0 Å². The highest BCUT2D eigenvalue weighted by molar-refractivity contribution is 14.1. The number of halogens is 1. The predicted molar refractivity (Wildman–Crippen MR) is 148 cm³/mol. The number of amides is 2. The third-order valence-electron chi connectivity index (χ3n) is 6.35. The minimum absolute atomic E-state index is 0.132. The number of carbonyl (C=O) groups excluding carboxylic acids is 2. The van der Waals surface area contributed by atoms with Crippen molar-refractivity contribution in [3.63, 3.8) is 0 Å². The second kappa shape index (κ2) is 12.2. The van der Waals surface area contributed by atoms with Gasteiger partial charge in [-0.15, -0.1) is 0 Å². The number of hydrogen-bond donors (Lipinski definition) is 1. The molecule has 0 aliphatic heterocycles. The van der Waals surface area contributed by atoms with Crippen LogP contribution in [0.2, 0.25) is 0 Å². The summed E-state index contributed by atoms with van der Waals surface area (Å²) in [7, 11) is -3.73. The lowest BCUT2D eigenvalue weighted by molar-refractivity contribution is -0.140. The summed E-state index contributed by atoms with van der Waals surface area (Å²) in [5, 5.41) is 3.12. The second-order valence-electron chi connectivity index (χ2n) is 9.17. The third kappa shape index (κ3) is 7.67. The van der Waals surface area contributed by atoms with Crippen LogP contribution in [0.25, 0.3) is 0 Å². The van der Waals surface area contributed by atoms with Crippen molar-refractivity contribution in [3.8, 4) is 0 Å². The zero-order valence-electron chi connectivity index (χ0n) is 20.5. The maximum atomic E-state index is 13.7. The molecule has 0 heterocycles. The number of carbonyl (C=O) groups is 2. The summed E-state index contributed by atoms with van der Waals surface area (Å²) in [4.78, 5) is 28.5. The number of nitrogens with one attached hydrogen (secondary N) is 1. The van der Waals surface area contributed by atoms with E-state index < -0.39 is 22.0 Å². The van der Waals surface area contributed by atoms with E-state index >= 15 is 0 Å². The van der Waals surface area contributed by atoms with E-state index in [2.05, 4.69) is 27.9 Å². The standard InChI is InChI=1S/C26H34IN3O4S/c1-4-24(26(32)28-22-7-5-6-8-22)29(17-20-11-9-19(2)10-12-20)25(31)18-30(35(3,33)34)23-15-13-21(27)14-16-23/h9-16,22,24H,4-8,17-18H2,1-3H3,(H,28,32). The van der Waals surface area contributed by atoms with Gasteiger partial charge in [-0.3, -0.25) is 13.9 Å². The molecule has 35 heavy (non-hydrogen) atoms. The average Bonchev–Trinajstić information content (AvgIpc) is 3.31. The number of nitrogens with zero attached hydrogens (tertiary/aromatic N) is 2. The predicted octanol–water partition coefficient (Wildman–Crippen LogP) is 4.23. The number of benzene rings is 2. The van der Waals surface area contributed by atoms with E-state index in [1.54, 1.807) is 24.3 Å². The zero-order valence-corrected chi connectivity index (χ0v) is 23.5. The van der Waals surface area contributed by atoms with Crippen LogP contribution in [0.3, 0.4) is 0 Å². The Morgan fingerprint density at radius 3 is 2.20 bits per heavy atom. The lowest BCUT2D eigenvalue weighted by Crippen LogP contribution is -2.53. The molecule has 3 rings (SSSR count). The number of hydrogen-bond acceptors (Lipinski definition) is 4. The van der Waals surface area contributed by atoms with Gasteiger partial charge in [-0.2, -0.15) is 0 Å². The van der Waals surface area contributed by atoms with Gasteiger partial charge in [0.25, 0.3) is 0 Å². The summed E-state index contributed by atoms with van der Waals surface area (Å²) in [6.07, 6.45) is 5.59. The van der Waals surface area contributed by atoms with E-state index in [0.29, 0.717) is 12.1 Å². The molecule has 2 aromatic rings. The highest BCUT2D eigenvalue weighted by Gasteiger charge is 2.33. The Labute approximate surface area is 222 Å². The number of rotatable bonds is 10. The van der Waals surface area contributed by atoms with E-state index in [0.717, 1.165) is 50.9 Å². The van der Waals surface area contributed by atoms with E-state index in [-0.39, 0.29) is 25.0 Å². The first kappa shape index (κ1) is 27.4. The van der Waals surface area contributed by atoms with Crippen LogP contribution in [0, 0.1) is 10.5 Å². The van der Waals surface area contributed by atoms with Crippen LogP contribution in [0.5, 0.6) is 0 Å². The van der Waals surface area contributed by atoms with E-state index in [9.17, 15) is 18.0 Å². The van der Waals surface area contributed by atoms with Crippen molar-refractivity contribution in [2.45, 2.75) is 64.6 Å². The van der Waals surface area contributed by atoms with Gasteiger partial charge in [0, 0.05) is 16.2 Å². The highest BCUT2D eigenvalue weighted by Crippen LogP contribution is 2.22. The molecule has 1 aliphatic carbocycles. The molecule has 0 aromatic heterocycles. The Balaban J connectivity index is 1.90. The molecule has 190 valence electrons. The van der Waals surface area contributed by atoms with Crippen molar-refractivity contribution < 1.29 is 18.0 Å². The maximum Gasteiger partial charge on any atom is 0.244 e. The molecule has 2 amide bonds. The second-order valence-corrected chi connectivity index (χ2v) is 12.3. The topological polar surface area (TPSA) is 86.8 Å². The van der Waals surface area contributed by atoms with Crippen molar-refractivity contribution >= 4 is 50.1 Å². The van der Waals surface area contributed by atoms with Crippen LogP contribution in [0.1, 0.15) is 50.2 Å². The first-order valence-electron chi connectivity index (χ1n) is 12.0. The highest BCUT2D eigenvalue weighted by atomic mass is 127. The van der Waals surface area contributed by atoms with Gasteiger partial charge >= 0.3 is 0 Å². The Bertz CT molecular complexity index is 1110. The Morgan fingerprint density at radius 2 is 1.66 bits per heavy atom. The summed E-state index contributed by atoms with van der Waals surface area (Å²) in [6.45, 7) is 3.71. The summed E-state index contributed by atoms with van der Waals surface area (Å²) >= 11 is 2.14. The average molecular weight is 612 g/mol. The minimum atomic E-state index is -3.73. The van der Waals surface area contributed by atoms with Gasteiger partial charge in [0.05, 0.1) is 11.9 Å². The Morgan fingerprint density at radius 1 is 1.06 bits per heavy atom. The first-order chi connectivity index (χ1) is 16.6. The summed E-state index contributed by atoms with van der Waals surface area (Å²) in [5.41, 5.74) is 2.40. The number of anilines is 1. The molecule has 0 radical (unpaired) electrons. The molecule has 1 fully saturated rings. The monoisotopic (exact) mass is 611 g/mol. The molecule has 1 aliphatic rings. The van der Waals surface area contributed by atoms with Crippen LogP contribution in [0.4, 0.5) is 5.69 Å². The van der Waals surface area contributed by atoms with Crippen molar-refractivity contribution in [3.05, 3.63) is 63.2 Å². The van der Waals surface area contributed by atoms with Gasteiger partial charge in [-0.05, 0) is 78.6 Å². The van der Waals surface area contributed by atoms with Crippen molar-refractivity contribution in [1.82, 2.24) is 10.2 Å². The molecule has 0 bridgehead atoms. The normalized spacial score (nSPS) is 15.0. The molecule has 1 saturated carbocycles. The third-order valence-corrected chi connectivity index (χ3v) is 8.21. The molecular weight excluding hydrogens is 577 g/mol. The smallest absolute Gasteiger partial charge is 0.244 e. The van der Waals surface area contributed by atoms with E-state index in [4.69, 9.17) is 0 Å². The summed E-state index contributed by atoms with van der Waals surface area (Å²) in [5.74, 6) is -0.594. The van der Waals surface area contributed by atoms with Crippen LogP contribution in [-0.4, -0.2) is 50.0 Å². The van der Waals surface area contributed by atoms with Crippen LogP contribution in [-0.2, 0) is 26.2 Å². The van der Waals surface area contributed by atoms with Crippen LogP contribution >= 0.6 is 22.6 Å². The molecule has 7 nitrogen and oxygen atoms in total. The molecule has 1 unspecified atom stereocenters. The zero-order chi connectivity index (χ0) is 25.6. The molecular formula is C26H34IN3O4S. The fourth-order valence-corrected chi connectivity index (χ4v) is 5.61. The first-order valence-corrected chi connectivity index (χ1v) is 14.9. The van der Waals surface area contributed by atoms with Crippen molar-refractivity contribution in [1.29, 1.82) is 0 Å². The van der Waals surface area contributed by atoms with Crippen LogP contribution < -0.4 is 9.62 Å². The molecule has 1 atom stereocenters. The van der Waals surface area contributed by atoms with Crippen molar-refractivity contribution in [2.75, 3.05) is 17.1 Å². The quantitative estimate of drug-likeness (QED) is 0.408. The maximum absolute atomic E-state index is 13.7. The van der Waals surface area contributed by atoms with Gasteiger partial charge in [0.2, 0.25) is 21.8 Å². The summed E-state index contributed by atoms with van der Waals surface area (Å²) < 4.78 is 27.4. The van der Waals surface area contributed by atoms with Gasteiger partial charge < -0.3 is 10.2 Å². The fourth-order valence-electron chi connectivity index (χ4n) is 4.40. The molecule has 1 N–H and O–H groups in total. The molecule has 9 heteroatoms. The van der Waals surface area contributed by atoms with Gasteiger partial charge in [-0.1, -0.05) is 49.6 Å². The SMILES string of the molecule is CCC(C(=O)NC1CCCC1)N(Cc1ccc(C)cc1)C(=O)CN(c1ccc(I)cc1)S(C)(=O)=O.